The molecule has 2 rings (SSSR count). The summed E-state index contributed by atoms with van der Waals surface area (Å²) >= 11 is 1.81. The summed E-state index contributed by atoms with van der Waals surface area (Å²) in [4.78, 5) is 0. The summed E-state index contributed by atoms with van der Waals surface area (Å²) in [6.45, 7) is -1.75. The molecule has 0 aromatic heterocycles. The molecule has 0 aliphatic heterocycles. The van der Waals surface area contributed by atoms with Gasteiger partial charge in [-0.2, -0.15) is 0 Å². The van der Waals surface area contributed by atoms with Crippen LogP contribution in [-0.2, 0) is 4.52 Å². The van der Waals surface area contributed by atoms with Crippen molar-refractivity contribution in [2.24, 2.45) is 0 Å². The minimum atomic E-state index is -1.75. The molecule has 3 heteroatoms. The van der Waals surface area contributed by atoms with E-state index >= 15 is 0 Å². The SMILES string of the molecule is CO[P+](SC)(c1ccccc1)c1ccccc1. The van der Waals surface area contributed by atoms with Gasteiger partial charge in [0.25, 0.3) is 6.69 Å². The molecule has 0 saturated carbocycles. The van der Waals surface area contributed by atoms with E-state index in [4.69, 9.17) is 4.52 Å². The molecule has 0 bridgehead atoms. The molecule has 88 valence electrons. The van der Waals surface area contributed by atoms with Crippen LogP contribution in [0.3, 0.4) is 0 Å². The van der Waals surface area contributed by atoms with Crippen LogP contribution in [0.1, 0.15) is 0 Å². The lowest BCUT2D eigenvalue weighted by Crippen LogP contribution is -2.20. The zero-order valence-electron chi connectivity index (χ0n) is 10.0. The molecule has 2 aromatic carbocycles. The van der Waals surface area contributed by atoms with Crippen molar-refractivity contribution in [3.63, 3.8) is 0 Å². The Morgan fingerprint density at radius 1 is 0.824 bits per heavy atom. The smallest absolute Gasteiger partial charge is 0.218 e. The number of benzene rings is 2. The zero-order valence-corrected chi connectivity index (χ0v) is 11.7. The van der Waals surface area contributed by atoms with Gasteiger partial charge in [-0.15, -0.1) is 0 Å². The maximum absolute atomic E-state index is 5.93. The highest BCUT2D eigenvalue weighted by molar-refractivity contribution is 8.65. The molecule has 1 nitrogen and oxygen atoms in total. The summed E-state index contributed by atoms with van der Waals surface area (Å²) in [5.41, 5.74) is 0. The first-order valence-corrected chi connectivity index (χ1v) is 8.99. The van der Waals surface area contributed by atoms with Gasteiger partial charge in [0, 0.05) is 6.26 Å². The normalized spacial score (nSPS) is 11.4. The fraction of sp³-hybridized carbons (Fsp3) is 0.143. The van der Waals surface area contributed by atoms with Crippen LogP contribution in [-0.4, -0.2) is 13.4 Å². The van der Waals surface area contributed by atoms with E-state index in [1.54, 1.807) is 0 Å². The van der Waals surface area contributed by atoms with E-state index in [2.05, 4.69) is 54.8 Å². The van der Waals surface area contributed by atoms with Crippen molar-refractivity contribution in [1.82, 2.24) is 0 Å². The molecule has 0 unspecified atom stereocenters. The van der Waals surface area contributed by atoms with Crippen LogP contribution in [0.4, 0.5) is 0 Å². The van der Waals surface area contributed by atoms with Crippen molar-refractivity contribution in [1.29, 1.82) is 0 Å². The topological polar surface area (TPSA) is 9.23 Å². The van der Waals surface area contributed by atoms with Crippen molar-refractivity contribution in [3.8, 4) is 0 Å². The second kappa shape index (κ2) is 5.68. The molecular formula is C14H16OPS+. The van der Waals surface area contributed by atoms with Crippen LogP contribution in [0.2, 0.25) is 0 Å². The molecule has 17 heavy (non-hydrogen) atoms. The number of hydrogen-bond donors (Lipinski definition) is 0. The molecule has 0 radical (unpaired) electrons. The standard InChI is InChI=1S/C14H16OPS/c1-15-16(17-2,13-9-5-3-6-10-13)14-11-7-4-8-12-14/h3-12H,1-2H3/q+1. The van der Waals surface area contributed by atoms with Crippen molar-refractivity contribution in [3.05, 3.63) is 60.7 Å². The molecule has 0 spiro atoms. The van der Waals surface area contributed by atoms with E-state index in [0.29, 0.717) is 0 Å². The average molecular weight is 263 g/mol. The highest BCUT2D eigenvalue weighted by Gasteiger charge is 2.44. The Morgan fingerprint density at radius 2 is 1.24 bits per heavy atom. The van der Waals surface area contributed by atoms with E-state index in [-0.39, 0.29) is 0 Å². The maximum atomic E-state index is 5.93. The molecule has 0 atom stereocenters. The van der Waals surface area contributed by atoms with Gasteiger partial charge in [0.1, 0.15) is 10.6 Å². The van der Waals surface area contributed by atoms with Gasteiger partial charge in [-0.1, -0.05) is 36.4 Å². The zero-order chi connectivity index (χ0) is 12.1. The van der Waals surface area contributed by atoms with Gasteiger partial charge in [0.2, 0.25) is 0 Å². The molecule has 0 aliphatic rings. The average Bonchev–Trinajstić information content (AvgIpc) is 2.43. The third kappa shape index (κ3) is 2.40. The van der Waals surface area contributed by atoms with Gasteiger partial charge in [-0.05, 0) is 24.3 Å². The van der Waals surface area contributed by atoms with Gasteiger partial charge < -0.3 is 0 Å². The fourth-order valence-electron chi connectivity index (χ4n) is 1.89. The third-order valence-corrected chi connectivity index (χ3v) is 8.95. The van der Waals surface area contributed by atoms with Gasteiger partial charge in [0.15, 0.2) is 0 Å². The Balaban J connectivity index is 2.54. The van der Waals surface area contributed by atoms with Crippen molar-refractivity contribution in [2.75, 3.05) is 13.4 Å². The fourth-order valence-corrected chi connectivity index (χ4v) is 6.76. The van der Waals surface area contributed by atoms with Gasteiger partial charge in [0.05, 0.1) is 18.5 Å². The van der Waals surface area contributed by atoms with Crippen LogP contribution >= 0.6 is 18.1 Å². The molecule has 0 N–H and O–H groups in total. The van der Waals surface area contributed by atoms with E-state index in [1.807, 2.05) is 30.6 Å². The van der Waals surface area contributed by atoms with Crippen LogP contribution in [0.5, 0.6) is 0 Å². The maximum Gasteiger partial charge on any atom is 0.267 e. The Kier molecular flexibility index (Phi) is 4.22. The molecular weight excluding hydrogens is 247 g/mol. The summed E-state index contributed by atoms with van der Waals surface area (Å²) in [7, 11) is 1.81. The van der Waals surface area contributed by atoms with Crippen LogP contribution in [0.25, 0.3) is 0 Å². The predicted molar refractivity (Wildman–Crippen MR) is 79.6 cm³/mol. The highest BCUT2D eigenvalue weighted by Crippen LogP contribution is 2.66. The molecule has 2 aromatic rings. The summed E-state index contributed by atoms with van der Waals surface area (Å²) in [5.74, 6) is 0. The van der Waals surface area contributed by atoms with Gasteiger partial charge in [-0.3, -0.25) is 0 Å². The van der Waals surface area contributed by atoms with Crippen LogP contribution < -0.4 is 10.6 Å². The quantitative estimate of drug-likeness (QED) is 0.781. The lowest BCUT2D eigenvalue weighted by molar-refractivity contribution is 0.470. The Bertz CT molecular complexity index is 413. The van der Waals surface area contributed by atoms with Crippen molar-refractivity contribution < 1.29 is 4.52 Å². The largest absolute Gasteiger partial charge is 0.267 e. The van der Waals surface area contributed by atoms with Gasteiger partial charge >= 0.3 is 0 Å². The third-order valence-electron chi connectivity index (χ3n) is 2.71. The minimum Gasteiger partial charge on any atom is -0.218 e. The number of rotatable bonds is 4. The highest BCUT2D eigenvalue weighted by atomic mass is 32.7. The molecule has 0 fully saturated rings. The second-order valence-electron chi connectivity index (χ2n) is 3.59. The lowest BCUT2D eigenvalue weighted by Gasteiger charge is -2.20. The molecule has 0 saturated heterocycles. The Hall–Kier alpha value is -0.820. The van der Waals surface area contributed by atoms with Gasteiger partial charge in [-0.25, -0.2) is 4.52 Å². The monoisotopic (exact) mass is 263 g/mol. The van der Waals surface area contributed by atoms with E-state index in [9.17, 15) is 0 Å². The first kappa shape index (κ1) is 12.6. The van der Waals surface area contributed by atoms with E-state index in [0.717, 1.165) is 0 Å². The van der Waals surface area contributed by atoms with E-state index in [1.165, 1.54) is 10.6 Å². The first-order valence-electron chi connectivity index (χ1n) is 5.45. The summed E-state index contributed by atoms with van der Waals surface area (Å²) < 4.78 is 5.93. The number of hydrogen-bond acceptors (Lipinski definition) is 2. The summed E-state index contributed by atoms with van der Waals surface area (Å²) in [6, 6.07) is 21.0. The molecule has 0 aliphatic carbocycles. The molecule has 0 amide bonds. The minimum absolute atomic E-state index is 1.28. The Labute approximate surface area is 107 Å². The van der Waals surface area contributed by atoms with Crippen LogP contribution in [0, 0.1) is 0 Å². The van der Waals surface area contributed by atoms with Crippen LogP contribution in [0.15, 0.2) is 60.7 Å². The molecule has 0 heterocycles. The first-order chi connectivity index (χ1) is 8.33. The predicted octanol–water partition coefficient (Wildman–Crippen LogP) is 3.49. The summed E-state index contributed by atoms with van der Waals surface area (Å²) in [5, 5.41) is 2.56. The van der Waals surface area contributed by atoms with Crippen molar-refractivity contribution >= 4 is 28.7 Å². The van der Waals surface area contributed by atoms with E-state index < -0.39 is 6.69 Å². The van der Waals surface area contributed by atoms with Crippen molar-refractivity contribution in [2.45, 2.75) is 0 Å². The second-order valence-corrected chi connectivity index (χ2v) is 9.09. The summed E-state index contributed by atoms with van der Waals surface area (Å²) in [6.07, 6.45) is 2.12. The Morgan fingerprint density at radius 3 is 1.53 bits per heavy atom. The lowest BCUT2D eigenvalue weighted by atomic mass is 10.4.